The molecule has 1 saturated carbocycles. The van der Waals surface area contributed by atoms with Gasteiger partial charge in [-0.1, -0.05) is 12.8 Å². The van der Waals surface area contributed by atoms with Crippen LogP contribution in [0.2, 0.25) is 0 Å². The van der Waals surface area contributed by atoms with E-state index in [1.165, 1.54) is 24.1 Å². The Morgan fingerprint density at radius 3 is 2.79 bits per heavy atom. The van der Waals surface area contributed by atoms with E-state index < -0.39 is 0 Å². The lowest BCUT2D eigenvalue weighted by Crippen LogP contribution is -2.16. The molecule has 0 spiro atoms. The standard InChI is InChI=1S/C11H15ClOS/c1-13-11-7-6-10(14-11)8-4-2-3-5-9(8)12/h6-9H,2-5H2,1H3. The molecule has 0 radical (unpaired) electrons. The molecule has 1 nitrogen and oxygen atoms in total. The van der Waals surface area contributed by atoms with Gasteiger partial charge in [-0.05, 0) is 25.0 Å². The topological polar surface area (TPSA) is 9.23 Å². The average molecular weight is 231 g/mol. The van der Waals surface area contributed by atoms with Crippen LogP contribution in [0, 0.1) is 0 Å². The molecule has 0 aromatic carbocycles. The van der Waals surface area contributed by atoms with E-state index in [0.29, 0.717) is 11.3 Å². The molecule has 0 amide bonds. The number of hydrogen-bond acceptors (Lipinski definition) is 2. The Morgan fingerprint density at radius 1 is 1.36 bits per heavy atom. The minimum absolute atomic E-state index is 0.326. The van der Waals surface area contributed by atoms with Crippen molar-refractivity contribution in [1.82, 2.24) is 0 Å². The molecule has 1 aliphatic carbocycles. The van der Waals surface area contributed by atoms with E-state index in [0.717, 1.165) is 11.5 Å². The van der Waals surface area contributed by atoms with E-state index in [-0.39, 0.29) is 0 Å². The largest absolute Gasteiger partial charge is 0.487 e. The van der Waals surface area contributed by atoms with Gasteiger partial charge in [-0.15, -0.1) is 22.9 Å². The molecule has 3 heteroatoms. The zero-order valence-corrected chi connectivity index (χ0v) is 9.90. The van der Waals surface area contributed by atoms with Gasteiger partial charge in [0.2, 0.25) is 0 Å². The van der Waals surface area contributed by atoms with E-state index in [4.69, 9.17) is 16.3 Å². The molecular formula is C11H15ClOS. The van der Waals surface area contributed by atoms with Crippen LogP contribution in [-0.4, -0.2) is 12.5 Å². The second-order valence-corrected chi connectivity index (χ2v) is 5.41. The van der Waals surface area contributed by atoms with Crippen LogP contribution in [0.5, 0.6) is 5.06 Å². The summed E-state index contributed by atoms with van der Waals surface area (Å²) in [6, 6.07) is 4.20. The van der Waals surface area contributed by atoms with Crippen molar-refractivity contribution in [2.24, 2.45) is 0 Å². The second-order valence-electron chi connectivity index (χ2n) is 3.77. The van der Waals surface area contributed by atoms with Crippen molar-refractivity contribution in [2.45, 2.75) is 37.0 Å². The van der Waals surface area contributed by atoms with Crippen LogP contribution in [0.4, 0.5) is 0 Å². The summed E-state index contributed by atoms with van der Waals surface area (Å²) in [7, 11) is 1.72. The fraction of sp³-hybridized carbons (Fsp3) is 0.636. The number of alkyl halides is 1. The summed E-state index contributed by atoms with van der Waals surface area (Å²) >= 11 is 8.07. The first-order valence-corrected chi connectivity index (χ1v) is 6.34. The van der Waals surface area contributed by atoms with Crippen LogP contribution >= 0.6 is 22.9 Å². The predicted octanol–water partition coefficient (Wildman–Crippen LogP) is 4.02. The summed E-state index contributed by atoms with van der Waals surface area (Å²) in [6.45, 7) is 0. The molecule has 0 saturated heterocycles. The molecule has 1 fully saturated rings. The molecule has 0 aliphatic heterocycles. The minimum atomic E-state index is 0.326. The van der Waals surface area contributed by atoms with Crippen LogP contribution < -0.4 is 4.74 Å². The molecule has 78 valence electrons. The highest BCUT2D eigenvalue weighted by Gasteiger charge is 2.25. The summed E-state index contributed by atoms with van der Waals surface area (Å²) < 4.78 is 5.20. The second kappa shape index (κ2) is 4.54. The van der Waals surface area contributed by atoms with Crippen molar-refractivity contribution in [1.29, 1.82) is 0 Å². The van der Waals surface area contributed by atoms with Crippen LogP contribution in [0.15, 0.2) is 12.1 Å². The fourth-order valence-electron chi connectivity index (χ4n) is 2.05. The van der Waals surface area contributed by atoms with Gasteiger partial charge in [0.05, 0.1) is 7.11 Å². The lowest BCUT2D eigenvalue weighted by Gasteiger charge is -2.25. The van der Waals surface area contributed by atoms with Gasteiger partial charge in [0.15, 0.2) is 5.06 Å². The van der Waals surface area contributed by atoms with Crippen molar-refractivity contribution in [3.63, 3.8) is 0 Å². The molecule has 1 aromatic rings. The number of rotatable bonds is 2. The Morgan fingerprint density at radius 2 is 2.14 bits per heavy atom. The smallest absolute Gasteiger partial charge is 0.173 e. The molecule has 2 atom stereocenters. The summed E-state index contributed by atoms with van der Waals surface area (Å²) in [6.07, 6.45) is 4.99. The average Bonchev–Trinajstić information content (AvgIpc) is 2.67. The zero-order valence-electron chi connectivity index (χ0n) is 8.33. The Balaban J connectivity index is 2.12. The zero-order chi connectivity index (χ0) is 9.97. The highest BCUT2D eigenvalue weighted by molar-refractivity contribution is 7.13. The van der Waals surface area contributed by atoms with Crippen LogP contribution in [-0.2, 0) is 0 Å². The third-order valence-electron chi connectivity index (χ3n) is 2.85. The quantitative estimate of drug-likeness (QED) is 0.698. The maximum absolute atomic E-state index is 6.34. The summed E-state index contributed by atoms with van der Waals surface area (Å²) in [5, 5.41) is 1.32. The molecule has 1 aliphatic rings. The summed E-state index contributed by atoms with van der Waals surface area (Å²) in [4.78, 5) is 1.39. The number of halogens is 1. The molecule has 0 bridgehead atoms. The van der Waals surface area contributed by atoms with Gasteiger partial charge in [-0.25, -0.2) is 0 Å². The maximum atomic E-state index is 6.34. The Bertz CT molecular complexity index is 297. The molecule has 2 rings (SSSR count). The van der Waals surface area contributed by atoms with Crippen molar-refractivity contribution in [2.75, 3.05) is 7.11 Å². The highest BCUT2D eigenvalue weighted by Crippen LogP contribution is 2.40. The number of methoxy groups -OCH3 is 1. The van der Waals surface area contributed by atoms with Crippen LogP contribution in [0.3, 0.4) is 0 Å². The van der Waals surface area contributed by atoms with Crippen molar-refractivity contribution in [3.8, 4) is 5.06 Å². The van der Waals surface area contributed by atoms with Gasteiger partial charge in [-0.2, -0.15) is 0 Å². The van der Waals surface area contributed by atoms with Crippen molar-refractivity contribution in [3.05, 3.63) is 17.0 Å². The number of hydrogen-bond donors (Lipinski definition) is 0. The van der Waals surface area contributed by atoms with Gasteiger partial charge >= 0.3 is 0 Å². The highest BCUT2D eigenvalue weighted by atomic mass is 35.5. The third-order valence-corrected chi connectivity index (χ3v) is 4.55. The van der Waals surface area contributed by atoms with Crippen molar-refractivity contribution < 1.29 is 4.74 Å². The Kier molecular flexibility index (Phi) is 3.34. The van der Waals surface area contributed by atoms with Gasteiger partial charge in [-0.3, -0.25) is 0 Å². The minimum Gasteiger partial charge on any atom is -0.487 e. The van der Waals surface area contributed by atoms with E-state index in [1.54, 1.807) is 18.4 Å². The van der Waals surface area contributed by atoms with Crippen LogP contribution in [0.25, 0.3) is 0 Å². The summed E-state index contributed by atoms with van der Waals surface area (Å²) in [5.74, 6) is 0.555. The van der Waals surface area contributed by atoms with Gasteiger partial charge in [0.1, 0.15) is 0 Å². The molecule has 1 aromatic heterocycles. The molecule has 14 heavy (non-hydrogen) atoms. The monoisotopic (exact) mass is 230 g/mol. The summed E-state index contributed by atoms with van der Waals surface area (Å²) in [5.41, 5.74) is 0. The Hall–Kier alpha value is -0.210. The van der Waals surface area contributed by atoms with Gasteiger partial charge < -0.3 is 4.74 Å². The molecule has 1 heterocycles. The third kappa shape index (κ3) is 2.06. The van der Waals surface area contributed by atoms with E-state index >= 15 is 0 Å². The lowest BCUT2D eigenvalue weighted by atomic mass is 9.88. The number of thiophene rings is 1. The van der Waals surface area contributed by atoms with Crippen LogP contribution in [0.1, 0.15) is 36.5 Å². The van der Waals surface area contributed by atoms with E-state index in [1.807, 2.05) is 6.07 Å². The van der Waals surface area contributed by atoms with Gasteiger partial charge in [0.25, 0.3) is 0 Å². The first-order valence-electron chi connectivity index (χ1n) is 5.09. The molecule has 0 N–H and O–H groups in total. The van der Waals surface area contributed by atoms with E-state index in [9.17, 15) is 0 Å². The molecular weight excluding hydrogens is 216 g/mol. The molecule has 2 unspecified atom stereocenters. The van der Waals surface area contributed by atoms with Gasteiger partial charge in [0, 0.05) is 16.2 Å². The first kappa shape index (κ1) is 10.3. The maximum Gasteiger partial charge on any atom is 0.173 e. The SMILES string of the molecule is COc1ccc(C2CCCCC2Cl)s1. The predicted molar refractivity (Wildman–Crippen MR) is 61.7 cm³/mol. The fourth-order valence-corrected chi connectivity index (χ4v) is 3.56. The van der Waals surface area contributed by atoms with Crippen molar-refractivity contribution >= 4 is 22.9 Å². The number of ether oxygens (including phenoxy) is 1. The normalized spacial score (nSPS) is 27.6. The Labute approximate surface area is 94.0 Å². The lowest BCUT2D eigenvalue weighted by molar-refractivity contribution is 0.427. The first-order chi connectivity index (χ1) is 6.81. The van der Waals surface area contributed by atoms with E-state index in [2.05, 4.69) is 6.07 Å².